The third kappa shape index (κ3) is 5.67. The van der Waals surface area contributed by atoms with Crippen LogP contribution in [0.5, 0.6) is 0 Å². The molecular formula is C16H26N2O3S. The van der Waals surface area contributed by atoms with Crippen molar-refractivity contribution in [1.82, 2.24) is 5.32 Å². The van der Waals surface area contributed by atoms with Crippen LogP contribution in [0.15, 0.2) is 24.3 Å². The number of para-hydroxylation sites is 1. The van der Waals surface area contributed by atoms with Gasteiger partial charge in [0.2, 0.25) is 15.9 Å². The standard InChI is InChI=1S/C16H26N2O3S/c1-4-6-9-12-17-16(19)13-18(22(3,20)21)15-11-8-7-10-14(15)5-2/h7-8,10-11H,4-6,9,12-13H2,1-3H3,(H,17,19). The van der Waals surface area contributed by atoms with E-state index in [-0.39, 0.29) is 12.5 Å². The normalized spacial score (nSPS) is 11.2. The molecule has 0 spiro atoms. The first kappa shape index (κ1) is 18.5. The van der Waals surface area contributed by atoms with Crippen molar-refractivity contribution in [2.75, 3.05) is 23.7 Å². The third-order valence-electron chi connectivity index (χ3n) is 3.43. The van der Waals surface area contributed by atoms with Gasteiger partial charge < -0.3 is 5.32 Å². The smallest absolute Gasteiger partial charge is 0.240 e. The molecule has 22 heavy (non-hydrogen) atoms. The molecule has 0 aliphatic heterocycles. The molecular weight excluding hydrogens is 300 g/mol. The van der Waals surface area contributed by atoms with Gasteiger partial charge in [0.1, 0.15) is 6.54 Å². The molecule has 0 unspecified atom stereocenters. The molecule has 1 aromatic rings. The summed E-state index contributed by atoms with van der Waals surface area (Å²) in [5, 5.41) is 2.78. The molecule has 0 saturated carbocycles. The van der Waals surface area contributed by atoms with E-state index in [1.807, 2.05) is 19.1 Å². The minimum Gasteiger partial charge on any atom is -0.355 e. The first-order valence-corrected chi connectivity index (χ1v) is 9.57. The van der Waals surface area contributed by atoms with Gasteiger partial charge in [0.25, 0.3) is 0 Å². The average molecular weight is 326 g/mol. The lowest BCUT2D eigenvalue weighted by molar-refractivity contribution is -0.119. The predicted octanol–water partition coefficient (Wildman–Crippen LogP) is 2.32. The fourth-order valence-electron chi connectivity index (χ4n) is 2.22. The minimum absolute atomic E-state index is 0.179. The Morgan fingerprint density at radius 1 is 1.18 bits per heavy atom. The maximum absolute atomic E-state index is 12.1. The average Bonchev–Trinajstić information content (AvgIpc) is 2.48. The molecule has 0 fully saturated rings. The Morgan fingerprint density at radius 3 is 2.45 bits per heavy atom. The first-order valence-electron chi connectivity index (χ1n) is 7.72. The molecule has 1 rings (SSSR count). The number of rotatable bonds is 9. The van der Waals surface area contributed by atoms with E-state index in [1.165, 1.54) is 4.31 Å². The molecule has 1 amide bonds. The van der Waals surface area contributed by atoms with E-state index in [0.29, 0.717) is 18.7 Å². The van der Waals surface area contributed by atoms with Crippen LogP contribution < -0.4 is 9.62 Å². The summed E-state index contributed by atoms with van der Waals surface area (Å²) in [7, 11) is -3.51. The van der Waals surface area contributed by atoms with Crippen molar-refractivity contribution in [3.8, 4) is 0 Å². The molecule has 0 radical (unpaired) electrons. The van der Waals surface area contributed by atoms with Gasteiger partial charge in [-0.3, -0.25) is 9.10 Å². The highest BCUT2D eigenvalue weighted by Crippen LogP contribution is 2.23. The first-order chi connectivity index (χ1) is 10.4. The quantitative estimate of drug-likeness (QED) is 0.708. The number of aryl methyl sites for hydroxylation is 1. The molecule has 1 N–H and O–H groups in total. The number of nitrogens with one attached hydrogen (secondary N) is 1. The Hall–Kier alpha value is -1.56. The van der Waals surface area contributed by atoms with Crippen LogP contribution in [0.4, 0.5) is 5.69 Å². The zero-order chi connectivity index (χ0) is 16.6. The molecule has 0 heterocycles. The number of carbonyl (C=O) groups is 1. The highest BCUT2D eigenvalue weighted by molar-refractivity contribution is 7.92. The molecule has 6 heteroatoms. The van der Waals surface area contributed by atoms with Crippen molar-refractivity contribution >= 4 is 21.6 Å². The lowest BCUT2D eigenvalue weighted by Gasteiger charge is -2.24. The van der Waals surface area contributed by atoms with E-state index in [9.17, 15) is 13.2 Å². The minimum atomic E-state index is -3.51. The summed E-state index contributed by atoms with van der Waals surface area (Å²) in [6, 6.07) is 7.27. The van der Waals surface area contributed by atoms with Gasteiger partial charge in [-0.05, 0) is 24.5 Å². The monoisotopic (exact) mass is 326 g/mol. The van der Waals surface area contributed by atoms with Crippen molar-refractivity contribution in [2.24, 2.45) is 0 Å². The number of amides is 1. The van der Waals surface area contributed by atoms with E-state index >= 15 is 0 Å². The third-order valence-corrected chi connectivity index (χ3v) is 4.56. The van der Waals surface area contributed by atoms with Crippen LogP contribution >= 0.6 is 0 Å². The van der Waals surface area contributed by atoms with Crippen LogP contribution in [0.2, 0.25) is 0 Å². The van der Waals surface area contributed by atoms with Gasteiger partial charge >= 0.3 is 0 Å². The van der Waals surface area contributed by atoms with Crippen LogP contribution in [0.1, 0.15) is 38.7 Å². The number of nitrogens with zero attached hydrogens (tertiary/aromatic N) is 1. The van der Waals surface area contributed by atoms with Crippen LogP contribution in [0.25, 0.3) is 0 Å². The van der Waals surface area contributed by atoms with Crippen molar-refractivity contribution in [3.63, 3.8) is 0 Å². The highest BCUT2D eigenvalue weighted by Gasteiger charge is 2.22. The number of benzene rings is 1. The van der Waals surface area contributed by atoms with Gasteiger partial charge in [-0.2, -0.15) is 0 Å². The highest BCUT2D eigenvalue weighted by atomic mass is 32.2. The van der Waals surface area contributed by atoms with Gasteiger partial charge in [0, 0.05) is 6.54 Å². The van der Waals surface area contributed by atoms with Crippen LogP contribution in [0.3, 0.4) is 0 Å². The molecule has 0 aliphatic carbocycles. The summed E-state index contributed by atoms with van der Waals surface area (Å²) in [5.74, 6) is -0.271. The zero-order valence-electron chi connectivity index (χ0n) is 13.6. The molecule has 0 bridgehead atoms. The lowest BCUT2D eigenvalue weighted by Crippen LogP contribution is -2.41. The van der Waals surface area contributed by atoms with Gasteiger partial charge in [-0.25, -0.2) is 8.42 Å². The fraction of sp³-hybridized carbons (Fsp3) is 0.562. The Balaban J connectivity index is 2.85. The second-order valence-corrected chi connectivity index (χ2v) is 7.22. The molecule has 124 valence electrons. The number of carbonyl (C=O) groups excluding carboxylic acids is 1. The lowest BCUT2D eigenvalue weighted by atomic mass is 10.1. The number of hydrogen-bond donors (Lipinski definition) is 1. The van der Waals surface area contributed by atoms with Crippen LogP contribution in [-0.4, -0.2) is 33.7 Å². The summed E-state index contributed by atoms with van der Waals surface area (Å²) in [6.07, 6.45) is 4.88. The predicted molar refractivity (Wildman–Crippen MR) is 90.5 cm³/mol. The largest absolute Gasteiger partial charge is 0.355 e. The van der Waals surface area contributed by atoms with Crippen molar-refractivity contribution in [2.45, 2.75) is 39.5 Å². The number of hydrogen-bond acceptors (Lipinski definition) is 3. The summed E-state index contributed by atoms with van der Waals surface area (Å²) >= 11 is 0. The molecule has 1 aromatic carbocycles. The number of sulfonamides is 1. The topological polar surface area (TPSA) is 66.5 Å². The van der Waals surface area contributed by atoms with Crippen molar-refractivity contribution in [3.05, 3.63) is 29.8 Å². The maximum Gasteiger partial charge on any atom is 0.240 e. The van der Waals surface area contributed by atoms with Crippen LogP contribution in [-0.2, 0) is 21.2 Å². The zero-order valence-corrected chi connectivity index (χ0v) is 14.4. The van der Waals surface area contributed by atoms with Gasteiger partial charge in [0.05, 0.1) is 11.9 Å². The summed E-state index contributed by atoms with van der Waals surface area (Å²) in [6.45, 7) is 4.46. The second-order valence-electron chi connectivity index (χ2n) is 5.31. The Bertz CT molecular complexity index is 585. The van der Waals surface area contributed by atoms with Crippen molar-refractivity contribution in [1.29, 1.82) is 0 Å². The number of unbranched alkanes of at least 4 members (excludes halogenated alkanes) is 2. The van der Waals surface area contributed by atoms with Gasteiger partial charge in [-0.1, -0.05) is 44.9 Å². The molecule has 0 aliphatic rings. The fourth-order valence-corrected chi connectivity index (χ4v) is 3.11. The number of anilines is 1. The molecule has 5 nitrogen and oxygen atoms in total. The second kappa shape index (κ2) is 8.78. The van der Waals surface area contributed by atoms with Crippen LogP contribution in [0, 0.1) is 0 Å². The van der Waals surface area contributed by atoms with E-state index in [0.717, 1.165) is 31.1 Å². The summed E-state index contributed by atoms with van der Waals surface area (Å²) < 4.78 is 25.3. The Morgan fingerprint density at radius 2 is 1.86 bits per heavy atom. The molecule has 0 aromatic heterocycles. The van der Waals surface area contributed by atoms with Crippen molar-refractivity contribution < 1.29 is 13.2 Å². The Kier molecular flexibility index (Phi) is 7.38. The van der Waals surface area contributed by atoms with E-state index in [1.54, 1.807) is 12.1 Å². The van der Waals surface area contributed by atoms with Gasteiger partial charge in [-0.15, -0.1) is 0 Å². The van der Waals surface area contributed by atoms with Gasteiger partial charge in [0.15, 0.2) is 0 Å². The summed E-state index contributed by atoms with van der Waals surface area (Å²) in [4.78, 5) is 12.0. The molecule has 0 atom stereocenters. The van der Waals surface area contributed by atoms with E-state index in [4.69, 9.17) is 0 Å². The van der Waals surface area contributed by atoms with E-state index < -0.39 is 10.0 Å². The SMILES string of the molecule is CCCCCNC(=O)CN(c1ccccc1CC)S(C)(=O)=O. The molecule has 0 saturated heterocycles. The maximum atomic E-state index is 12.1. The Labute approximate surface area is 133 Å². The summed E-state index contributed by atoms with van der Waals surface area (Å²) in [5.41, 5.74) is 1.49. The van der Waals surface area contributed by atoms with E-state index in [2.05, 4.69) is 12.2 Å².